The van der Waals surface area contributed by atoms with E-state index in [1.54, 1.807) is 19.9 Å². The minimum absolute atomic E-state index is 0.394. The van der Waals surface area contributed by atoms with Crippen LogP contribution in [0.5, 0.6) is 0 Å². The van der Waals surface area contributed by atoms with Crippen LogP contribution in [-0.2, 0) is 16.4 Å². The zero-order valence-corrected chi connectivity index (χ0v) is 12.6. The standard InChI is InChI=1S/C14H20N2O2S/c1-11-7-12(8-15)5-6-13(11)9-16-10-14(2,3)19(4,17)18/h5-7,16H,9-10H2,1-4H3. The predicted molar refractivity (Wildman–Crippen MR) is 76.5 cm³/mol. The highest BCUT2D eigenvalue weighted by atomic mass is 32.2. The van der Waals surface area contributed by atoms with Gasteiger partial charge in [-0.15, -0.1) is 0 Å². The van der Waals surface area contributed by atoms with Crippen molar-refractivity contribution >= 4 is 9.84 Å². The highest BCUT2D eigenvalue weighted by Gasteiger charge is 2.29. The Morgan fingerprint density at radius 3 is 2.47 bits per heavy atom. The van der Waals surface area contributed by atoms with E-state index in [4.69, 9.17) is 5.26 Å². The maximum absolute atomic E-state index is 11.6. The first-order chi connectivity index (χ1) is 8.67. The molecule has 0 spiro atoms. The van der Waals surface area contributed by atoms with Gasteiger partial charge in [0.2, 0.25) is 0 Å². The molecule has 0 heterocycles. The topological polar surface area (TPSA) is 70.0 Å². The Kier molecular flexibility index (Phi) is 4.72. The van der Waals surface area contributed by atoms with E-state index in [-0.39, 0.29) is 0 Å². The molecule has 1 aromatic carbocycles. The fraction of sp³-hybridized carbons (Fsp3) is 0.500. The average Bonchev–Trinajstić information content (AvgIpc) is 2.29. The van der Waals surface area contributed by atoms with Gasteiger partial charge in [-0.2, -0.15) is 5.26 Å². The van der Waals surface area contributed by atoms with Crippen LogP contribution < -0.4 is 5.32 Å². The summed E-state index contributed by atoms with van der Waals surface area (Å²) in [5.74, 6) is 0. The molecule has 5 heteroatoms. The molecular formula is C14H20N2O2S. The average molecular weight is 280 g/mol. The molecule has 1 aromatic rings. The highest BCUT2D eigenvalue weighted by molar-refractivity contribution is 7.92. The maximum atomic E-state index is 11.6. The van der Waals surface area contributed by atoms with Gasteiger partial charge in [-0.25, -0.2) is 8.42 Å². The molecule has 0 saturated heterocycles. The van der Waals surface area contributed by atoms with Crippen molar-refractivity contribution in [2.24, 2.45) is 0 Å². The van der Waals surface area contributed by atoms with Gasteiger partial charge in [0.25, 0.3) is 0 Å². The molecule has 0 atom stereocenters. The van der Waals surface area contributed by atoms with Crippen LogP contribution in [0.3, 0.4) is 0 Å². The minimum Gasteiger partial charge on any atom is -0.311 e. The Hall–Kier alpha value is -1.38. The highest BCUT2D eigenvalue weighted by Crippen LogP contribution is 2.15. The number of nitrogens with zero attached hydrogens (tertiary/aromatic N) is 1. The Bertz CT molecular complexity index is 598. The van der Waals surface area contributed by atoms with Crippen LogP contribution in [0.2, 0.25) is 0 Å². The summed E-state index contributed by atoms with van der Waals surface area (Å²) in [5, 5.41) is 12.0. The molecule has 0 aliphatic rings. The molecule has 0 aliphatic heterocycles. The molecule has 1 N–H and O–H groups in total. The van der Waals surface area contributed by atoms with Crippen LogP contribution in [0.1, 0.15) is 30.5 Å². The molecule has 0 aliphatic carbocycles. The van der Waals surface area contributed by atoms with Crippen LogP contribution in [-0.4, -0.2) is 26.0 Å². The fourth-order valence-electron chi connectivity index (χ4n) is 1.59. The summed E-state index contributed by atoms with van der Waals surface area (Å²) in [4.78, 5) is 0. The largest absolute Gasteiger partial charge is 0.311 e. The van der Waals surface area contributed by atoms with E-state index in [9.17, 15) is 8.42 Å². The smallest absolute Gasteiger partial charge is 0.153 e. The van der Waals surface area contributed by atoms with Gasteiger partial charge in [0, 0.05) is 19.3 Å². The van der Waals surface area contributed by atoms with E-state index in [1.807, 2.05) is 19.1 Å². The van der Waals surface area contributed by atoms with Gasteiger partial charge in [0.05, 0.1) is 16.4 Å². The molecule has 0 unspecified atom stereocenters. The lowest BCUT2D eigenvalue weighted by molar-refractivity contribution is 0.521. The second-order valence-corrected chi connectivity index (χ2v) is 8.04. The lowest BCUT2D eigenvalue weighted by atomic mass is 10.1. The van der Waals surface area contributed by atoms with E-state index in [0.717, 1.165) is 11.1 Å². The van der Waals surface area contributed by atoms with Crippen molar-refractivity contribution < 1.29 is 8.42 Å². The van der Waals surface area contributed by atoms with Gasteiger partial charge in [-0.1, -0.05) is 6.07 Å². The van der Waals surface area contributed by atoms with Gasteiger partial charge in [-0.05, 0) is 44.0 Å². The number of aryl methyl sites for hydroxylation is 1. The summed E-state index contributed by atoms with van der Waals surface area (Å²) in [7, 11) is -3.08. The summed E-state index contributed by atoms with van der Waals surface area (Å²) in [6.07, 6.45) is 1.25. The number of nitriles is 1. The molecule has 0 saturated carbocycles. The number of rotatable bonds is 5. The second kappa shape index (κ2) is 5.72. The van der Waals surface area contributed by atoms with Crippen LogP contribution in [0.15, 0.2) is 18.2 Å². The van der Waals surface area contributed by atoms with Crippen molar-refractivity contribution in [1.82, 2.24) is 5.32 Å². The SMILES string of the molecule is Cc1cc(C#N)ccc1CNCC(C)(C)S(C)(=O)=O. The van der Waals surface area contributed by atoms with Gasteiger partial charge < -0.3 is 5.32 Å². The second-order valence-electron chi connectivity index (χ2n) is 5.39. The van der Waals surface area contributed by atoms with E-state index >= 15 is 0 Å². The monoisotopic (exact) mass is 280 g/mol. The molecule has 4 nitrogen and oxygen atoms in total. The lowest BCUT2D eigenvalue weighted by Gasteiger charge is -2.23. The molecule has 19 heavy (non-hydrogen) atoms. The molecular weight excluding hydrogens is 260 g/mol. The number of hydrogen-bond acceptors (Lipinski definition) is 4. The Morgan fingerprint density at radius 1 is 1.37 bits per heavy atom. The lowest BCUT2D eigenvalue weighted by Crippen LogP contribution is -2.41. The summed E-state index contributed by atoms with van der Waals surface area (Å²) in [6.45, 7) is 6.35. The first-order valence-electron chi connectivity index (χ1n) is 6.07. The number of benzene rings is 1. The quantitative estimate of drug-likeness (QED) is 0.892. The van der Waals surface area contributed by atoms with Gasteiger partial charge in [-0.3, -0.25) is 0 Å². The zero-order chi connectivity index (χ0) is 14.7. The van der Waals surface area contributed by atoms with E-state index < -0.39 is 14.6 Å². The van der Waals surface area contributed by atoms with Crippen molar-refractivity contribution in [3.63, 3.8) is 0 Å². The zero-order valence-electron chi connectivity index (χ0n) is 11.8. The van der Waals surface area contributed by atoms with Crippen LogP contribution >= 0.6 is 0 Å². The first kappa shape index (κ1) is 15.7. The normalized spacial score (nSPS) is 12.2. The third-order valence-electron chi connectivity index (χ3n) is 3.34. The Labute approximate surface area is 115 Å². The molecule has 104 valence electrons. The van der Waals surface area contributed by atoms with Crippen molar-refractivity contribution in [3.05, 3.63) is 34.9 Å². The Balaban J connectivity index is 2.67. The van der Waals surface area contributed by atoms with E-state index in [1.165, 1.54) is 6.26 Å². The van der Waals surface area contributed by atoms with Crippen LogP contribution in [0.25, 0.3) is 0 Å². The third-order valence-corrected chi connectivity index (χ3v) is 5.49. The third kappa shape index (κ3) is 4.05. The fourth-order valence-corrected chi connectivity index (χ4v) is 1.96. The Morgan fingerprint density at radius 2 is 2.00 bits per heavy atom. The summed E-state index contributed by atoms with van der Waals surface area (Å²) in [6, 6.07) is 7.59. The maximum Gasteiger partial charge on any atom is 0.153 e. The number of nitrogens with one attached hydrogen (secondary N) is 1. The summed E-state index contributed by atoms with van der Waals surface area (Å²) >= 11 is 0. The first-order valence-corrected chi connectivity index (χ1v) is 7.96. The van der Waals surface area contributed by atoms with Crippen molar-refractivity contribution in [2.45, 2.75) is 32.1 Å². The van der Waals surface area contributed by atoms with Crippen molar-refractivity contribution in [1.29, 1.82) is 5.26 Å². The van der Waals surface area contributed by atoms with Gasteiger partial charge in [0.1, 0.15) is 0 Å². The van der Waals surface area contributed by atoms with Crippen LogP contribution in [0.4, 0.5) is 0 Å². The minimum atomic E-state index is -3.08. The van der Waals surface area contributed by atoms with Crippen LogP contribution in [0, 0.1) is 18.3 Å². The van der Waals surface area contributed by atoms with Gasteiger partial charge >= 0.3 is 0 Å². The molecule has 1 rings (SSSR count). The van der Waals surface area contributed by atoms with Crippen molar-refractivity contribution in [2.75, 3.05) is 12.8 Å². The van der Waals surface area contributed by atoms with Crippen molar-refractivity contribution in [3.8, 4) is 6.07 Å². The molecule has 0 amide bonds. The van der Waals surface area contributed by atoms with E-state index in [0.29, 0.717) is 18.7 Å². The molecule has 0 bridgehead atoms. The number of hydrogen-bond donors (Lipinski definition) is 1. The summed E-state index contributed by atoms with van der Waals surface area (Å²) in [5.41, 5.74) is 2.74. The van der Waals surface area contributed by atoms with Gasteiger partial charge in [0.15, 0.2) is 9.84 Å². The van der Waals surface area contributed by atoms with E-state index in [2.05, 4.69) is 11.4 Å². The molecule has 0 radical (unpaired) electrons. The molecule has 0 fully saturated rings. The summed E-state index contributed by atoms with van der Waals surface area (Å²) < 4.78 is 22.4. The predicted octanol–water partition coefficient (Wildman–Crippen LogP) is 1.78. The molecule has 0 aromatic heterocycles. The number of sulfone groups is 1.